The fourth-order valence-electron chi connectivity index (χ4n) is 0.761. The molecule has 0 heterocycles. The maximum atomic E-state index is 7.92. The molecule has 0 atom stereocenters. The zero-order valence-corrected chi connectivity index (χ0v) is 4.54. The van der Waals surface area contributed by atoms with Gasteiger partial charge >= 0.3 is 0 Å². The average Bonchev–Trinajstić information content (AvgIpc) is 1.64. The third kappa shape index (κ3) is 0.820. The van der Waals surface area contributed by atoms with Crippen LogP contribution >= 0.6 is 0 Å². The molecule has 0 aromatic carbocycles. The maximum Gasteiger partial charge on any atom is 0.0448 e. The molecule has 1 aliphatic carbocycles. The summed E-state index contributed by atoms with van der Waals surface area (Å²) in [5.41, 5.74) is 9.11. The molecule has 1 fully saturated rings. The van der Waals surface area contributed by atoms with Crippen LogP contribution in [0.5, 0.6) is 0 Å². The SMILES string of the molecule is C=C1CC(N=[N+]=[N-])C1. The van der Waals surface area contributed by atoms with Crippen LogP contribution in [0.1, 0.15) is 12.8 Å². The van der Waals surface area contributed by atoms with E-state index in [9.17, 15) is 0 Å². The lowest BCUT2D eigenvalue weighted by Gasteiger charge is -2.22. The van der Waals surface area contributed by atoms with Gasteiger partial charge < -0.3 is 0 Å². The van der Waals surface area contributed by atoms with Crippen molar-refractivity contribution in [3.63, 3.8) is 0 Å². The highest BCUT2D eigenvalue weighted by molar-refractivity contribution is 5.10. The zero-order valence-electron chi connectivity index (χ0n) is 4.54. The van der Waals surface area contributed by atoms with Gasteiger partial charge in [0.15, 0.2) is 0 Å². The van der Waals surface area contributed by atoms with E-state index in [0.717, 1.165) is 12.8 Å². The summed E-state index contributed by atoms with van der Waals surface area (Å²) in [6.07, 6.45) is 1.79. The first-order valence-electron chi connectivity index (χ1n) is 2.54. The smallest absolute Gasteiger partial charge is 0.0448 e. The lowest BCUT2D eigenvalue weighted by atomic mass is 9.89. The van der Waals surface area contributed by atoms with E-state index >= 15 is 0 Å². The Kier molecular flexibility index (Phi) is 1.22. The van der Waals surface area contributed by atoms with Crippen LogP contribution in [0, 0.1) is 0 Å². The van der Waals surface area contributed by atoms with Crippen molar-refractivity contribution in [3.05, 3.63) is 22.6 Å². The van der Waals surface area contributed by atoms with E-state index in [1.165, 1.54) is 5.57 Å². The van der Waals surface area contributed by atoms with Crippen molar-refractivity contribution in [1.29, 1.82) is 0 Å². The number of hydrogen-bond acceptors (Lipinski definition) is 1. The number of rotatable bonds is 1. The molecule has 1 saturated carbocycles. The molecule has 0 spiro atoms. The van der Waals surface area contributed by atoms with Crippen LogP contribution in [0.3, 0.4) is 0 Å². The van der Waals surface area contributed by atoms with Gasteiger partial charge in [-0.25, -0.2) is 0 Å². The fraction of sp³-hybridized carbons (Fsp3) is 0.600. The first-order chi connectivity index (χ1) is 3.83. The van der Waals surface area contributed by atoms with Gasteiger partial charge in [-0.2, -0.15) is 0 Å². The first-order valence-corrected chi connectivity index (χ1v) is 2.54. The second kappa shape index (κ2) is 1.88. The minimum atomic E-state index is 0.215. The molecule has 0 radical (unpaired) electrons. The number of azide groups is 1. The Labute approximate surface area is 47.6 Å². The zero-order chi connectivity index (χ0) is 5.98. The van der Waals surface area contributed by atoms with Crippen molar-refractivity contribution in [2.75, 3.05) is 0 Å². The molecule has 0 aromatic heterocycles. The number of nitrogens with zero attached hydrogens (tertiary/aromatic N) is 3. The van der Waals surface area contributed by atoms with Crippen LogP contribution < -0.4 is 0 Å². The van der Waals surface area contributed by atoms with Crippen molar-refractivity contribution >= 4 is 0 Å². The van der Waals surface area contributed by atoms with Crippen molar-refractivity contribution in [3.8, 4) is 0 Å². The molecule has 0 aliphatic heterocycles. The molecule has 42 valence electrons. The molecule has 0 unspecified atom stereocenters. The van der Waals surface area contributed by atoms with E-state index in [0.29, 0.717) is 0 Å². The number of hydrogen-bond donors (Lipinski definition) is 0. The standard InChI is InChI=1S/C5H7N3/c1-4-2-5(3-4)7-8-6/h5H,1-3H2. The Morgan fingerprint density at radius 2 is 2.38 bits per heavy atom. The minimum Gasteiger partial charge on any atom is -0.0998 e. The summed E-state index contributed by atoms with van der Waals surface area (Å²) >= 11 is 0. The highest BCUT2D eigenvalue weighted by Crippen LogP contribution is 2.26. The third-order valence-corrected chi connectivity index (χ3v) is 1.26. The summed E-state index contributed by atoms with van der Waals surface area (Å²) in [5.74, 6) is 0. The van der Waals surface area contributed by atoms with Gasteiger partial charge in [-0.1, -0.05) is 17.3 Å². The Morgan fingerprint density at radius 1 is 1.75 bits per heavy atom. The van der Waals surface area contributed by atoms with E-state index in [1.807, 2.05) is 0 Å². The summed E-state index contributed by atoms with van der Waals surface area (Å²) < 4.78 is 0. The van der Waals surface area contributed by atoms with Gasteiger partial charge in [0.1, 0.15) is 0 Å². The monoisotopic (exact) mass is 109 g/mol. The molecule has 1 aliphatic rings. The van der Waals surface area contributed by atoms with Gasteiger partial charge in [0.05, 0.1) is 0 Å². The van der Waals surface area contributed by atoms with Crippen molar-refractivity contribution in [2.45, 2.75) is 18.9 Å². The van der Waals surface area contributed by atoms with Gasteiger partial charge in [-0.15, -0.1) is 0 Å². The normalized spacial score (nSPS) is 19.2. The predicted molar refractivity (Wildman–Crippen MR) is 31.3 cm³/mol. The van der Waals surface area contributed by atoms with E-state index in [-0.39, 0.29) is 6.04 Å². The van der Waals surface area contributed by atoms with Crippen molar-refractivity contribution < 1.29 is 0 Å². The molecular formula is C5H7N3. The van der Waals surface area contributed by atoms with Crippen molar-refractivity contribution in [1.82, 2.24) is 0 Å². The quantitative estimate of drug-likeness (QED) is 0.214. The first kappa shape index (κ1) is 5.19. The van der Waals surface area contributed by atoms with Crippen LogP contribution in [0.15, 0.2) is 17.3 Å². The molecule has 0 N–H and O–H groups in total. The highest BCUT2D eigenvalue weighted by atomic mass is 15.2. The molecule has 0 saturated heterocycles. The van der Waals surface area contributed by atoms with Crippen LogP contribution in [0.25, 0.3) is 10.4 Å². The topological polar surface area (TPSA) is 48.8 Å². The molecular weight excluding hydrogens is 102 g/mol. The lowest BCUT2D eigenvalue weighted by molar-refractivity contribution is 0.542. The van der Waals surface area contributed by atoms with E-state index in [1.54, 1.807) is 0 Å². The summed E-state index contributed by atoms with van der Waals surface area (Å²) in [5, 5.41) is 3.50. The Morgan fingerprint density at radius 3 is 2.75 bits per heavy atom. The summed E-state index contributed by atoms with van der Waals surface area (Å²) in [6, 6.07) is 0.215. The molecule has 3 heteroatoms. The van der Waals surface area contributed by atoms with Crippen LogP contribution in [-0.4, -0.2) is 6.04 Å². The molecule has 1 rings (SSSR count). The highest BCUT2D eigenvalue weighted by Gasteiger charge is 2.18. The van der Waals surface area contributed by atoms with Gasteiger partial charge in [0.25, 0.3) is 0 Å². The van der Waals surface area contributed by atoms with Gasteiger partial charge in [0.2, 0.25) is 0 Å². The molecule has 0 bridgehead atoms. The summed E-state index contributed by atoms with van der Waals surface area (Å²) in [4.78, 5) is 2.68. The molecule has 0 amide bonds. The maximum absolute atomic E-state index is 7.92. The van der Waals surface area contributed by atoms with Crippen LogP contribution in [-0.2, 0) is 0 Å². The summed E-state index contributed by atoms with van der Waals surface area (Å²) in [6.45, 7) is 3.71. The lowest BCUT2D eigenvalue weighted by Crippen LogP contribution is -2.16. The summed E-state index contributed by atoms with van der Waals surface area (Å²) in [7, 11) is 0. The van der Waals surface area contributed by atoms with Gasteiger partial charge in [-0.05, 0) is 18.4 Å². The minimum absolute atomic E-state index is 0.215. The Hall–Kier alpha value is -0.950. The van der Waals surface area contributed by atoms with Crippen LogP contribution in [0.2, 0.25) is 0 Å². The second-order valence-corrected chi connectivity index (χ2v) is 2.02. The Bertz CT molecular complexity index is 147. The van der Waals surface area contributed by atoms with E-state index < -0.39 is 0 Å². The third-order valence-electron chi connectivity index (χ3n) is 1.26. The molecule has 8 heavy (non-hydrogen) atoms. The van der Waals surface area contributed by atoms with Crippen molar-refractivity contribution in [2.24, 2.45) is 5.11 Å². The average molecular weight is 109 g/mol. The van der Waals surface area contributed by atoms with Gasteiger partial charge in [0, 0.05) is 11.0 Å². The largest absolute Gasteiger partial charge is 0.0998 e. The fourth-order valence-corrected chi connectivity index (χ4v) is 0.761. The van der Waals surface area contributed by atoms with E-state index in [2.05, 4.69) is 16.6 Å². The van der Waals surface area contributed by atoms with Gasteiger partial charge in [-0.3, -0.25) is 0 Å². The molecule has 3 nitrogen and oxygen atoms in total. The molecule has 0 aromatic rings. The second-order valence-electron chi connectivity index (χ2n) is 2.02. The van der Waals surface area contributed by atoms with E-state index in [4.69, 9.17) is 5.53 Å². The Balaban J connectivity index is 2.35. The predicted octanol–water partition coefficient (Wildman–Crippen LogP) is 2.02. The van der Waals surface area contributed by atoms with Crippen LogP contribution in [0.4, 0.5) is 0 Å².